The Morgan fingerprint density at radius 1 is 0.927 bits per heavy atom. The number of nitrogens with zero attached hydrogens (tertiary/aromatic N) is 2. The first-order chi connectivity index (χ1) is 19.5. The lowest BCUT2D eigenvalue weighted by atomic mass is 10.1. The maximum absolute atomic E-state index is 14.1. The summed E-state index contributed by atoms with van der Waals surface area (Å²) < 4.78 is 34.4. The van der Waals surface area contributed by atoms with Gasteiger partial charge in [0, 0.05) is 12.6 Å². The number of benzene rings is 3. The van der Waals surface area contributed by atoms with E-state index in [4.69, 9.17) is 27.9 Å². The predicted octanol–water partition coefficient (Wildman–Crippen LogP) is 5.92. The van der Waals surface area contributed by atoms with E-state index in [0.717, 1.165) is 4.31 Å². The summed E-state index contributed by atoms with van der Waals surface area (Å²) in [6, 6.07) is 18.4. The average Bonchev–Trinajstić information content (AvgIpc) is 2.94. The summed E-state index contributed by atoms with van der Waals surface area (Å²) in [7, 11) is -4.18. The maximum atomic E-state index is 14.1. The Hall–Kier alpha value is -3.27. The minimum atomic E-state index is -4.18. The Balaban J connectivity index is 2.04. The lowest BCUT2D eigenvalue weighted by molar-refractivity contribution is -0.140. The van der Waals surface area contributed by atoms with Crippen molar-refractivity contribution in [2.45, 2.75) is 57.6 Å². The number of carbonyl (C=O) groups is 2. The van der Waals surface area contributed by atoms with Gasteiger partial charge in [-0.1, -0.05) is 54.4 Å². The average molecular weight is 621 g/mol. The number of hydrogen-bond donors (Lipinski definition) is 1. The third-order valence-corrected chi connectivity index (χ3v) is 8.73. The molecule has 0 radical (unpaired) electrons. The number of sulfonamides is 1. The maximum Gasteiger partial charge on any atom is 0.264 e. The van der Waals surface area contributed by atoms with Crippen LogP contribution in [-0.4, -0.2) is 50.4 Å². The van der Waals surface area contributed by atoms with Crippen LogP contribution < -0.4 is 14.4 Å². The van der Waals surface area contributed by atoms with Gasteiger partial charge in [0.25, 0.3) is 10.0 Å². The number of nitrogens with one attached hydrogen (secondary N) is 1. The van der Waals surface area contributed by atoms with Crippen LogP contribution in [0.25, 0.3) is 0 Å². The van der Waals surface area contributed by atoms with E-state index >= 15 is 0 Å². The largest absolute Gasteiger partial charge is 0.494 e. The Morgan fingerprint density at radius 2 is 1.59 bits per heavy atom. The number of halogens is 2. The topological polar surface area (TPSA) is 96.0 Å². The zero-order valence-electron chi connectivity index (χ0n) is 23.5. The van der Waals surface area contributed by atoms with Gasteiger partial charge in [0.15, 0.2) is 0 Å². The molecule has 3 aromatic rings. The SMILES string of the molecule is CCOc1ccc(S(=O)(=O)N(CC(=O)N(Cc2ccc(Cl)c(Cl)c2)[C@H](CC)C(=O)NC(C)C)c2ccccc2)cc1. The van der Waals surface area contributed by atoms with E-state index < -0.39 is 28.5 Å². The van der Waals surface area contributed by atoms with Gasteiger partial charge in [-0.3, -0.25) is 13.9 Å². The van der Waals surface area contributed by atoms with Crippen molar-refractivity contribution in [2.75, 3.05) is 17.5 Å². The number of hydrogen-bond acceptors (Lipinski definition) is 5. The van der Waals surface area contributed by atoms with E-state index in [2.05, 4.69) is 5.32 Å². The molecule has 41 heavy (non-hydrogen) atoms. The van der Waals surface area contributed by atoms with Crippen LogP contribution in [0.1, 0.15) is 39.7 Å². The number of carbonyl (C=O) groups excluding carboxylic acids is 2. The van der Waals surface area contributed by atoms with E-state index in [1.165, 1.54) is 17.0 Å². The second-order valence-corrected chi connectivity index (χ2v) is 12.3. The quantitative estimate of drug-likeness (QED) is 0.256. The molecule has 2 amide bonds. The van der Waals surface area contributed by atoms with E-state index in [9.17, 15) is 18.0 Å². The summed E-state index contributed by atoms with van der Waals surface area (Å²) >= 11 is 12.3. The van der Waals surface area contributed by atoms with Crippen molar-refractivity contribution in [3.8, 4) is 5.75 Å². The normalized spacial score (nSPS) is 12.1. The lowest BCUT2D eigenvalue weighted by Gasteiger charge is -2.33. The van der Waals surface area contributed by atoms with Crippen molar-refractivity contribution in [2.24, 2.45) is 0 Å². The van der Waals surface area contributed by atoms with Gasteiger partial charge in [-0.15, -0.1) is 0 Å². The molecule has 0 spiro atoms. The van der Waals surface area contributed by atoms with Crippen LogP contribution in [0.2, 0.25) is 10.0 Å². The first-order valence-corrected chi connectivity index (χ1v) is 15.5. The molecule has 0 fully saturated rings. The third kappa shape index (κ3) is 8.38. The van der Waals surface area contributed by atoms with Gasteiger partial charge >= 0.3 is 0 Å². The molecular weight excluding hydrogens is 585 g/mol. The Bertz CT molecular complexity index is 1430. The van der Waals surface area contributed by atoms with Crippen LogP contribution in [0.4, 0.5) is 5.69 Å². The monoisotopic (exact) mass is 619 g/mol. The van der Waals surface area contributed by atoms with Crippen molar-refractivity contribution in [1.29, 1.82) is 0 Å². The van der Waals surface area contributed by atoms with Crippen LogP contribution in [0.3, 0.4) is 0 Å². The molecule has 0 heterocycles. The minimum absolute atomic E-state index is 0.00164. The number of para-hydroxylation sites is 1. The first-order valence-electron chi connectivity index (χ1n) is 13.3. The van der Waals surface area contributed by atoms with Crippen molar-refractivity contribution >= 4 is 50.7 Å². The van der Waals surface area contributed by atoms with Gasteiger partial charge in [0.2, 0.25) is 11.8 Å². The second kappa shape index (κ2) is 14.6. The number of amides is 2. The fourth-order valence-corrected chi connectivity index (χ4v) is 5.99. The molecule has 0 saturated heterocycles. The van der Waals surface area contributed by atoms with Gasteiger partial charge in [-0.2, -0.15) is 0 Å². The Morgan fingerprint density at radius 3 is 2.15 bits per heavy atom. The standard InChI is InChI=1S/C30H35Cl2N3O5S/c1-5-28(30(37)33-21(3)4)34(19-22-12-17-26(31)27(32)18-22)29(36)20-35(23-10-8-7-9-11-23)41(38,39)25-15-13-24(14-16-25)40-6-2/h7-18,21,28H,5-6,19-20H2,1-4H3,(H,33,37)/t28-/m1/s1. The zero-order valence-corrected chi connectivity index (χ0v) is 25.8. The molecule has 0 bridgehead atoms. The van der Waals surface area contributed by atoms with Crippen LogP contribution in [0.5, 0.6) is 5.75 Å². The van der Waals surface area contributed by atoms with E-state index in [0.29, 0.717) is 40.1 Å². The van der Waals surface area contributed by atoms with Crippen molar-refractivity contribution in [3.63, 3.8) is 0 Å². The molecule has 0 aliphatic carbocycles. The summed E-state index contributed by atoms with van der Waals surface area (Å²) in [6.07, 6.45) is 0.308. The molecule has 1 N–H and O–H groups in total. The highest BCUT2D eigenvalue weighted by molar-refractivity contribution is 7.92. The third-order valence-electron chi connectivity index (χ3n) is 6.20. The summed E-state index contributed by atoms with van der Waals surface area (Å²) in [6.45, 7) is 7.21. The summed E-state index contributed by atoms with van der Waals surface area (Å²) in [5, 5.41) is 3.53. The Labute approximate surface area is 252 Å². The smallest absolute Gasteiger partial charge is 0.264 e. The van der Waals surface area contributed by atoms with Gasteiger partial charge in [-0.05, 0) is 81.3 Å². The van der Waals surface area contributed by atoms with Crippen LogP contribution >= 0.6 is 23.2 Å². The minimum Gasteiger partial charge on any atom is -0.494 e. The van der Waals surface area contributed by atoms with Gasteiger partial charge in [0.05, 0.1) is 27.2 Å². The molecular formula is C30H35Cl2N3O5S. The summed E-state index contributed by atoms with van der Waals surface area (Å²) in [4.78, 5) is 28.6. The van der Waals surface area contributed by atoms with Crippen molar-refractivity contribution in [1.82, 2.24) is 10.2 Å². The molecule has 11 heteroatoms. The lowest BCUT2D eigenvalue weighted by Crippen LogP contribution is -2.53. The highest BCUT2D eigenvalue weighted by atomic mass is 35.5. The summed E-state index contributed by atoms with van der Waals surface area (Å²) in [5.41, 5.74) is 0.952. The molecule has 0 aliphatic rings. The van der Waals surface area contributed by atoms with Crippen molar-refractivity contribution in [3.05, 3.63) is 88.4 Å². The molecule has 3 rings (SSSR count). The molecule has 0 aromatic heterocycles. The van der Waals surface area contributed by atoms with E-state index in [-0.39, 0.29) is 23.4 Å². The molecule has 0 unspecified atom stereocenters. The van der Waals surface area contributed by atoms with Crippen LogP contribution in [0, 0.1) is 0 Å². The number of ether oxygens (including phenoxy) is 1. The number of rotatable bonds is 13. The molecule has 1 atom stereocenters. The van der Waals surface area contributed by atoms with E-state index in [1.54, 1.807) is 67.6 Å². The fourth-order valence-electron chi connectivity index (χ4n) is 4.26. The van der Waals surface area contributed by atoms with Gasteiger partial charge in [-0.25, -0.2) is 8.42 Å². The highest BCUT2D eigenvalue weighted by Crippen LogP contribution is 2.27. The zero-order chi connectivity index (χ0) is 30.2. The summed E-state index contributed by atoms with van der Waals surface area (Å²) in [5.74, 6) is -0.361. The fraction of sp³-hybridized carbons (Fsp3) is 0.333. The highest BCUT2D eigenvalue weighted by Gasteiger charge is 2.34. The predicted molar refractivity (Wildman–Crippen MR) is 163 cm³/mol. The molecule has 220 valence electrons. The second-order valence-electron chi connectivity index (χ2n) is 9.61. The van der Waals surface area contributed by atoms with Crippen LogP contribution in [-0.2, 0) is 26.2 Å². The molecule has 0 aliphatic heterocycles. The number of anilines is 1. The van der Waals surface area contributed by atoms with Crippen molar-refractivity contribution < 1.29 is 22.7 Å². The molecule has 3 aromatic carbocycles. The molecule has 8 nitrogen and oxygen atoms in total. The van der Waals surface area contributed by atoms with Gasteiger partial charge in [0.1, 0.15) is 18.3 Å². The Kier molecular flexibility index (Phi) is 11.5. The van der Waals surface area contributed by atoms with Crippen LogP contribution in [0.15, 0.2) is 77.7 Å². The van der Waals surface area contributed by atoms with E-state index in [1.807, 2.05) is 20.8 Å². The molecule has 0 saturated carbocycles. The van der Waals surface area contributed by atoms with Gasteiger partial charge < -0.3 is 15.0 Å². The first kappa shape index (κ1) is 32.2.